The predicted molar refractivity (Wildman–Crippen MR) is 115 cm³/mol. The summed E-state index contributed by atoms with van der Waals surface area (Å²) in [5.41, 5.74) is 9.12. The minimum absolute atomic E-state index is 0.276. The van der Waals surface area contributed by atoms with Gasteiger partial charge < -0.3 is 15.4 Å². The molecule has 1 aliphatic heterocycles. The summed E-state index contributed by atoms with van der Waals surface area (Å²) in [6.45, 7) is 6.40. The van der Waals surface area contributed by atoms with Crippen LogP contribution in [0.25, 0.3) is 16.6 Å². The van der Waals surface area contributed by atoms with E-state index in [1.165, 1.54) is 0 Å². The van der Waals surface area contributed by atoms with E-state index in [0.29, 0.717) is 6.54 Å². The normalized spacial score (nSPS) is 18.6. The SMILES string of the molecule is CC/C=C/C=C(\N=C(C)N1CCC(OC)C1)c1ccc2cnc(CN)cc2n1. The fraction of sp³-hybridized carbons (Fsp3) is 0.409. The summed E-state index contributed by atoms with van der Waals surface area (Å²) in [5.74, 6) is 0.981. The smallest absolute Gasteiger partial charge is 0.102 e. The lowest BCUT2D eigenvalue weighted by molar-refractivity contribution is 0.114. The van der Waals surface area contributed by atoms with E-state index >= 15 is 0 Å². The van der Waals surface area contributed by atoms with Crippen LogP contribution in [0.5, 0.6) is 0 Å². The summed E-state index contributed by atoms with van der Waals surface area (Å²) in [4.78, 5) is 16.3. The second kappa shape index (κ2) is 9.57. The van der Waals surface area contributed by atoms with Crippen molar-refractivity contribution in [1.82, 2.24) is 14.9 Å². The number of pyridine rings is 2. The first-order valence-corrected chi connectivity index (χ1v) is 9.80. The molecule has 6 heteroatoms. The third-order valence-corrected chi connectivity index (χ3v) is 4.95. The first-order chi connectivity index (χ1) is 13.6. The van der Waals surface area contributed by atoms with Gasteiger partial charge in [-0.15, -0.1) is 0 Å². The van der Waals surface area contributed by atoms with Crippen molar-refractivity contribution in [1.29, 1.82) is 0 Å². The maximum absolute atomic E-state index is 5.73. The van der Waals surface area contributed by atoms with Crippen molar-refractivity contribution in [2.45, 2.75) is 39.3 Å². The molecule has 6 nitrogen and oxygen atoms in total. The van der Waals surface area contributed by atoms with E-state index in [9.17, 15) is 0 Å². The van der Waals surface area contributed by atoms with Crippen molar-refractivity contribution in [3.8, 4) is 0 Å². The Morgan fingerprint density at radius 1 is 1.43 bits per heavy atom. The topological polar surface area (TPSA) is 76.6 Å². The Labute approximate surface area is 166 Å². The average Bonchev–Trinajstić information content (AvgIpc) is 3.21. The van der Waals surface area contributed by atoms with Crippen LogP contribution in [0.1, 0.15) is 38.1 Å². The van der Waals surface area contributed by atoms with E-state index in [2.05, 4.69) is 22.9 Å². The Balaban J connectivity index is 1.95. The first-order valence-electron chi connectivity index (χ1n) is 9.80. The van der Waals surface area contributed by atoms with Gasteiger partial charge in [-0.2, -0.15) is 0 Å². The summed E-state index contributed by atoms with van der Waals surface area (Å²) < 4.78 is 5.48. The summed E-state index contributed by atoms with van der Waals surface area (Å²) in [6.07, 6.45) is 10.3. The van der Waals surface area contributed by atoms with E-state index < -0.39 is 0 Å². The fourth-order valence-electron chi connectivity index (χ4n) is 3.25. The lowest BCUT2D eigenvalue weighted by Crippen LogP contribution is -2.27. The fourth-order valence-corrected chi connectivity index (χ4v) is 3.25. The molecule has 1 aliphatic rings. The van der Waals surface area contributed by atoms with E-state index in [4.69, 9.17) is 20.4 Å². The van der Waals surface area contributed by atoms with Crippen LogP contribution < -0.4 is 5.73 Å². The van der Waals surface area contributed by atoms with Crippen molar-refractivity contribution < 1.29 is 4.74 Å². The summed E-state index contributed by atoms with van der Waals surface area (Å²) >= 11 is 0. The minimum Gasteiger partial charge on any atom is -0.380 e. The van der Waals surface area contributed by atoms with Crippen LogP contribution in [0.3, 0.4) is 0 Å². The number of ether oxygens (including phenoxy) is 1. The largest absolute Gasteiger partial charge is 0.380 e. The van der Waals surface area contributed by atoms with Gasteiger partial charge in [-0.3, -0.25) is 4.98 Å². The zero-order chi connectivity index (χ0) is 19.9. The van der Waals surface area contributed by atoms with Crippen LogP contribution in [-0.4, -0.2) is 47.0 Å². The molecule has 1 saturated heterocycles. The van der Waals surface area contributed by atoms with Gasteiger partial charge in [-0.1, -0.05) is 19.1 Å². The average molecular weight is 380 g/mol. The highest BCUT2D eigenvalue weighted by atomic mass is 16.5. The van der Waals surface area contributed by atoms with Crippen molar-refractivity contribution in [2.75, 3.05) is 20.2 Å². The highest BCUT2D eigenvalue weighted by Crippen LogP contribution is 2.21. The van der Waals surface area contributed by atoms with Crippen LogP contribution in [0.15, 0.2) is 47.6 Å². The summed E-state index contributed by atoms with van der Waals surface area (Å²) in [6, 6.07) is 5.97. The third-order valence-electron chi connectivity index (χ3n) is 4.95. The molecule has 1 fully saturated rings. The molecule has 28 heavy (non-hydrogen) atoms. The maximum Gasteiger partial charge on any atom is 0.102 e. The van der Waals surface area contributed by atoms with E-state index in [1.54, 1.807) is 7.11 Å². The van der Waals surface area contributed by atoms with Crippen molar-refractivity contribution in [3.63, 3.8) is 0 Å². The van der Waals surface area contributed by atoms with Crippen molar-refractivity contribution >= 4 is 22.4 Å². The molecule has 3 rings (SSSR count). The number of aliphatic imine (C=N–C) groups is 1. The van der Waals surface area contributed by atoms with Crippen molar-refractivity contribution in [3.05, 3.63) is 54.0 Å². The van der Waals surface area contributed by atoms with Gasteiger partial charge in [0.2, 0.25) is 0 Å². The van der Waals surface area contributed by atoms with Gasteiger partial charge in [0.1, 0.15) is 5.84 Å². The third kappa shape index (κ3) is 4.82. The maximum atomic E-state index is 5.73. The number of rotatable bonds is 6. The molecular weight excluding hydrogens is 350 g/mol. The minimum atomic E-state index is 0.276. The van der Waals surface area contributed by atoms with Crippen LogP contribution >= 0.6 is 0 Å². The highest BCUT2D eigenvalue weighted by Gasteiger charge is 2.23. The summed E-state index contributed by atoms with van der Waals surface area (Å²) in [7, 11) is 1.77. The molecular formula is C22H29N5O. The number of allylic oxidation sites excluding steroid dienone is 3. The Morgan fingerprint density at radius 3 is 3.00 bits per heavy atom. The van der Waals surface area contributed by atoms with E-state index in [0.717, 1.165) is 59.8 Å². The molecule has 148 valence electrons. The van der Waals surface area contributed by atoms with Gasteiger partial charge in [-0.25, -0.2) is 9.98 Å². The zero-order valence-electron chi connectivity index (χ0n) is 16.9. The lowest BCUT2D eigenvalue weighted by atomic mass is 10.2. The van der Waals surface area contributed by atoms with Gasteiger partial charge in [-0.05, 0) is 44.0 Å². The number of nitrogens with zero attached hydrogens (tertiary/aromatic N) is 4. The van der Waals surface area contributed by atoms with Gasteiger partial charge in [0.05, 0.1) is 28.7 Å². The Kier molecular flexibility index (Phi) is 6.90. The second-order valence-electron chi connectivity index (χ2n) is 6.91. The predicted octanol–water partition coefficient (Wildman–Crippen LogP) is 3.53. The molecule has 1 atom stereocenters. The quantitative estimate of drug-likeness (QED) is 0.472. The molecule has 0 amide bonds. The lowest BCUT2D eigenvalue weighted by Gasteiger charge is -2.18. The molecule has 0 aliphatic carbocycles. The van der Waals surface area contributed by atoms with Gasteiger partial charge in [0.25, 0.3) is 0 Å². The number of nitrogens with two attached hydrogens (primary N) is 1. The monoisotopic (exact) mass is 379 g/mol. The van der Waals surface area contributed by atoms with Crippen LogP contribution in [0, 0.1) is 0 Å². The molecule has 0 aromatic carbocycles. The molecule has 0 spiro atoms. The number of fused-ring (bicyclic) bond motifs is 1. The Hall–Kier alpha value is -2.57. The number of hydrogen-bond donors (Lipinski definition) is 1. The van der Waals surface area contributed by atoms with Gasteiger partial charge >= 0.3 is 0 Å². The van der Waals surface area contributed by atoms with Crippen LogP contribution in [0.4, 0.5) is 0 Å². The van der Waals surface area contributed by atoms with Gasteiger partial charge in [0.15, 0.2) is 0 Å². The number of aromatic nitrogens is 2. The molecule has 0 saturated carbocycles. The molecule has 2 aromatic rings. The first kappa shape index (κ1) is 20.2. The Bertz CT molecular complexity index is 903. The second-order valence-corrected chi connectivity index (χ2v) is 6.91. The van der Waals surface area contributed by atoms with Crippen LogP contribution in [-0.2, 0) is 11.3 Å². The molecule has 0 radical (unpaired) electrons. The number of likely N-dealkylation sites (tertiary alicyclic amines) is 1. The Morgan fingerprint density at radius 2 is 2.29 bits per heavy atom. The standard InChI is InChI=1S/C22H29N5O/c1-4-5-6-7-20(25-16(2)27-11-10-19(15-27)28-3)21-9-8-17-14-24-18(13-23)12-22(17)26-21/h5-9,12,14,19H,4,10-11,13,15,23H2,1-3H3/b6-5+,20-7-,25-16?. The molecule has 3 heterocycles. The number of methoxy groups -OCH3 is 1. The molecule has 0 bridgehead atoms. The number of hydrogen-bond acceptors (Lipinski definition) is 5. The zero-order valence-corrected chi connectivity index (χ0v) is 16.9. The number of amidine groups is 1. The molecule has 1 unspecified atom stereocenters. The molecule has 2 N–H and O–H groups in total. The molecule has 2 aromatic heterocycles. The van der Waals surface area contributed by atoms with E-state index in [1.807, 2.05) is 43.5 Å². The van der Waals surface area contributed by atoms with E-state index in [-0.39, 0.29) is 6.10 Å². The highest BCUT2D eigenvalue weighted by molar-refractivity contribution is 5.87. The van der Waals surface area contributed by atoms with Crippen LogP contribution in [0.2, 0.25) is 0 Å². The summed E-state index contributed by atoms with van der Waals surface area (Å²) in [5, 5.41) is 0.993. The van der Waals surface area contributed by atoms with Crippen molar-refractivity contribution in [2.24, 2.45) is 10.7 Å². The van der Waals surface area contributed by atoms with Gasteiger partial charge in [0, 0.05) is 38.3 Å².